The predicted molar refractivity (Wildman–Crippen MR) is 79.0 cm³/mol. The first-order valence-corrected chi connectivity index (χ1v) is 6.86. The highest BCUT2D eigenvalue weighted by atomic mass is 35.5. The molecule has 0 fully saturated rings. The Morgan fingerprint density at radius 2 is 2.05 bits per heavy atom. The van der Waals surface area contributed by atoms with Crippen LogP contribution in [0.15, 0.2) is 36.4 Å². The van der Waals surface area contributed by atoms with Crippen molar-refractivity contribution in [3.05, 3.63) is 58.1 Å². The van der Waals surface area contributed by atoms with E-state index < -0.39 is 0 Å². The minimum atomic E-state index is 0.120. The lowest BCUT2D eigenvalue weighted by Gasteiger charge is -2.16. The summed E-state index contributed by atoms with van der Waals surface area (Å²) < 4.78 is 0. The van der Waals surface area contributed by atoms with Crippen molar-refractivity contribution < 1.29 is 5.11 Å². The van der Waals surface area contributed by atoms with Crippen LogP contribution in [-0.2, 0) is 6.42 Å². The molecule has 0 spiro atoms. The lowest BCUT2D eigenvalue weighted by atomic mass is 10.0. The van der Waals surface area contributed by atoms with Crippen LogP contribution in [-0.4, -0.2) is 5.11 Å². The fourth-order valence-electron chi connectivity index (χ4n) is 2.67. The number of aromatic hydroxyl groups is 1. The third-order valence-electron chi connectivity index (χ3n) is 3.67. The van der Waals surface area contributed by atoms with E-state index in [0.29, 0.717) is 11.1 Å². The van der Waals surface area contributed by atoms with E-state index in [2.05, 4.69) is 30.4 Å². The third kappa shape index (κ3) is 2.41. The van der Waals surface area contributed by atoms with Crippen molar-refractivity contribution in [2.24, 2.45) is 0 Å². The molecule has 0 radical (unpaired) electrons. The first kappa shape index (κ1) is 12.4. The highest BCUT2D eigenvalue weighted by Crippen LogP contribution is 2.35. The molecule has 3 rings (SSSR count). The molecule has 0 saturated carbocycles. The largest absolute Gasteiger partial charge is 0.506 e. The summed E-state index contributed by atoms with van der Waals surface area (Å²) in [7, 11) is 0. The second-order valence-electron chi connectivity index (χ2n) is 5.10. The van der Waals surface area contributed by atoms with Gasteiger partial charge in [0.2, 0.25) is 0 Å². The number of hydrogen-bond acceptors (Lipinski definition) is 2. The quantitative estimate of drug-likeness (QED) is 0.792. The Hall–Kier alpha value is -1.67. The number of phenols is 1. The van der Waals surface area contributed by atoms with E-state index in [1.165, 1.54) is 16.7 Å². The summed E-state index contributed by atoms with van der Waals surface area (Å²) in [6, 6.07) is 12.2. The average molecular weight is 274 g/mol. The molecular weight excluding hydrogens is 258 g/mol. The van der Waals surface area contributed by atoms with Gasteiger partial charge < -0.3 is 10.4 Å². The number of rotatable bonds is 2. The van der Waals surface area contributed by atoms with Gasteiger partial charge in [-0.15, -0.1) is 0 Å². The van der Waals surface area contributed by atoms with Crippen molar-refractivity contribution in [3.8, 4) is 5.75 Å². The minimum Gasteiger partial charge on any atom is -0.506 e. The van der Waals surface area contributed by atoms with Crippen molar-refractivity contribution in [1.29, 1.82) is 0 Å². The van der Waals surface area contributed by atoms with Gasteiger partial charge >= 0.3 is 0 Å². The molecule has 3 heteroatoms. The SMILES string of the molecule is Cc1ccc2c(c1)C(Nc1ccc(O)c(Cl)c1)CC2. The van der Waals surface area contributed by atoms with Gasteiger partial charge in [0.05, 0.1) is 11.1 Å². The molecule has 19 heavy (non-hydrogen) atoms. The molecule has 98 valence electrons. The van der Waals surface area contributed by atoms with Crippen molar-refractivity contribution in [2.75, 3.05) is 5.32 Å². The van der Waals surface area contributed by atoms with Crippen LogP contribution in [0.4, 0.5) is 5.69 Å². The summed E-state index contributed by atoms with van der Waals surface area (Å²) in [4.78, 5) is 0. The van der Waals surface area contributed by atoms with E-state index in [1.54, 1.807) is 12.1 Å². The number of aryl methyl sites for hydroxylation is 2. The van der Waals surface area contributed by atoms with Crippen LogP contribution in [0.3, 0.4) is 0 Å². The van der Waals surface area contributed by atoms with Gasteiger partial charge in [0, 0.05) is 5.69 Å². The normalized spacial score (nSPS) is 17.3. The fraction of sp³-hybridized carbons (Fsp3) is 0.250. The number of phenolic OH excluding ortho intramolecular Hbond substituents is 1. The minimum absolute atomic E-state index is 0.120. The van der Waals surface area contributed by atoms with Crippen molar-refractivity contribution in [3.63, 3.8) is 0 Å². The Bertz CT molecular complexity index is 624. The van der Waals surface area contributed by atoms with Gasteiger partial charge in [0.15, 0.2) is 0 Å². The van der Waals surface area contributed by atoms with E-state index in [-0.39, 0.29) is 5.75 Å². The van der Waals surface area contributed by atoms with Crippen LogP contribution in [0.25, 0.3) is 0 Å². The van der Waals surface area contributed by atoms with Gasteiger partial charge in [-0.3, -0.25) is 0 Å². The number of hydrogen-bond donors (Lipinski definition) is 2. The predicted octanol–water partition coefficient (Wildman–Crippen LogP) is 4.45. The molecule has 2 N–H and O–H groups in total. The van der Waals surface area contributed by atoms with Gasteiger partial charge in [0.25, 0.3) is 0 Å². The molecule has 0 saturated heterocycles. The molecule has 2 aromatic rings. The van der Waals surface area contributed by atoms with Crippen LogP contribution in [0.5, 0.6) is 5.75 Å². The molecule has 0 heterocycles. The van der Waals surface area contributed by atoms with Crippen molar-refractivity contribution in [2.45, 2.75) is 25.8 Å². The number of fused-ring (bicyclic) bond motifs is 1. The lowest BCUT2D eigenvalue weighted by Crippen LogP contribution is -2.07. The second kappa shape index (κ2) is 4.78. The van der Waals surface area contributed by atoms with Crippen LogP contribution in [0.1, 0.15) is 29.2 Å². The zero-order valence-corrected chi connectivity index (χ0v) is 11.5. The van der Waals surface area contributed by atoms with Gasteiger partial charge in [0.1, 0.15) is 5.75 Å². The Kier molecular flexibility index (Phi) is 3.11. The van der Waals surface area contributed by atoms with Gasteiger partial charge in [-0.25, -0.2) is 0 Å². The molecule has 2 nitrogen and oxygen atoms in total. The smallest absolute Gasteiger partial charge is 0.134 e. The Labute approximate surface area is 118 Å². The third-order valence-corrected chi connectivity index (χ3v) is 3.97. The maximum absolute atomic E-state index is 9.44. The average Bonchev–Trinajstić information content (AvgIpc) is 2.77. The standard InChI is InChI=1S/C16H16ClNO/c1-10-2-3-11-4-6-15(13(11)8-10)18-12-5-7-16(19)14(17)9-12/h2-3,5,7-9,15,18-19H,4,6H2,1H3. The Morgan fingerprint density at radius 3 is 2.84 bits per heavy atom. The molecule has 1 aliphatic rings. The van der Waals surface area contributed by atoms with Crippen LogP contribution in [0, 0.1) is 6.92 Å². The lowest BCUT2D eigenvalue weighted by molar-refractivity contribution is 0.475. The zero-order valence-electron chi connectivity index (χ0n) is 10.8. The highest BCUT2D eigenvalue weighted by Gasteiger charge is 2.22. The molecule has 0 amide bonds. The van der Waals surface area contributed by atoms with Crippen LogP contribution in [0.2, 0.25) is 5.02 Å². The Morgan fingerprint density at radius 1 is 1.21 bits per heavy atom. The number of anilines is 1. The summed E-state index contributed by atoms with van der Waals surface area (Å²) >= 11 is 5.93. The fourth-order valence-corrected chi connectivity index (χ4v) is 2.85. The Balaban J connectivity index is 1.86. The van der Waals surface area contributed by atoms with E-state index in [9.17, 15) is 5.11 Å². The van der Waals surface area contributed by atoms with E-state index in [1.807, 2.05) is 6.07 Å². The van der Waals surface area contributed by atoms with E-state index in [4.69, 9.17) is 11.6 Å². The summed E-state index contributed by atoms with van der Waals surface area (Å²) in [5, 5.41) is 13.3. The van der Waals surface area contributed by atoms with E-state index in [0.717, 1.165) is 18.5 Å². The molecular formula is C16H16ClNO. The highest BCUT2D eigenvalue weighted by molar-refractivity contribution is 6.32. The topological polar surface area (TPSA) is 32.3 Å². The first-order valence-electron chi connectivity index (χ1n) is 6.48. The zero-order chi connectivity index (χ0) is 13.4. The van der Waals surface area contributed by atoms with Gasteiger partial charge in [-0.1, -0.05) is 35.4 Å². The summed E-state index contributed by atoms with van der Waals surface area (Å²) in [6.07, 6.45) is 2.20. The summed E-state index contributed by atoms with van der Waals surface area (Å²) in [6.45, 7) is 2.12. The van der Waals surface area contributed by atoms with Gasteiger partial charge in [-0.05, 0) is 49.1 Å². The molecule has 1 unspecified atom stereocenters. The van der Waals surface area contributed by atoms with Crippen LogP contribution < -0.4 is 5.32 Å². The molecule has 2 aromatic carbocycles. The maximum atomic E-state index is 9.44. The van der Waals surface area contributed by atoms with Gasteiger partial charge in [-0.2, -0.15) is 0 Å². The molecule has 1 aliphatic carbocycles. The number of benzene rings is 2. The summed E-state index contributed by atoms with van der Waals surface area (Å²) in [5.74, 6) is 0.120. The van der Waals surface area contributed by atoms with Crippen LogP contribution >= 0.6 is 11.6 Å². The number of nitrogens with one attached hydrogen (secondary N) is 1. The summed E-state index contributed by atoms with van der Waals surface area (Å²) in [5.41, 5.74) is 5.04. The molecule has 0 aromatic heterocycles. The monoisotopic (exact) mass is 273 g/mol. The molecule has 1 atom stereocenters. The van der Waals surface area contributed by atoms with Crippen molar-refractivity contribution in [1.82, 2.24) is 0 Å². The number of halogens is 1. The van der Waals surface area contributed by atoms with Crippen molar-refractivity contribution >= 4 is 17.3 Å². The second-order valence-corrected chi connectivity index (χ2v) is 5.51. The maximum Gasteiger partial charge on any atom is 0.134 e. The molecule has 0 aliphatic heterocycles. The molecule has 0 bridgehead atoms. The first-order chi connectivity index (χ1) is 9.13. The van der Waals surface area contributed by atoms with E-state index >= 15 is 0 Å².